The first-order chi connectivity index (χ1) is 5.77. The number of aromatic nitrogens is 1. The van der Waals surface area contributed by atoms with E-state index in [1.165, 1.54) is 18.2 Å². The number of fused-ring (bicyclic) bond motifs is 1. The number of non-ortho nitro benzene ring substituents is 1. The molecule has 0 aliphatic heterocycles. The summed E-state index contributed by atoms with van der Waals surface area (Å²) in [6, 6.07) is 4.23. The molecule has 0 saturated heterocycles. The van der Waals surface area contributed by atoms with Crippen LogP contribution in [0.15, 0.2) is 22.7 Å². The minimum Gasteiger partial charge on any atom is -0.356 e. The van der Waals surface area contributed by atoms with Gasteiger partial charge in [-0.25, -0.2) is 0 Å². The van der Waals surface area contributed by atoms with Crippen LogP contribution in [0.5, 0.6) is 0 Å². The Morgan fingerprint density at radius 3 is 3.17 bits per heavy atom. The van der Waals surface area contributed by atoms with Crippen molar-refractivity contribution in [3.8, 4) is 0 Å². The molecule has 2 rings (SSSR count). The summed E-state index contributed by atoms with van der Waals surface area (Å²) in [4.78, 5) is 9.84. The summed E-state index contributed by atoms with van der Waals surface area (Å²) in [5.41, 5.74) is 0.516. The lowest BCUT2D eigenvalue weighted by Gasteiger charge is -1.88. The molecule has 0 spiro atoms. The van der Waals surface area contributed by atoms with Gasteiger partial charge in [-0.1, -0.05) is 5.16 Å². The minimum atomic E-state index is -0.472. The fourth-order valence-corrected chi connectivity index (χ4v) is 0.920. The van der Waals surface area contributed by atoms with E-state index in [-0.39, 0.29) is 5.69 Å². The SMILES string of the molecule is O=[N+]([O-])c1ccc2on[c]c2c1. The van der Waals surface area contributed by atoms with Crippen LogP contribution in [0.1, 0.15) is 0 Å². The molecule has 0 amide bonds. The molecule has 1 radical (unpaired) electrons. The molecule has 0 aliphatic rings. The lowest BCUT2D eigenvalue weighted by atomic mass is 10.2. The van der Waals surface area contributed by atoms with E-state index >= 15 is 0 Å². The number of nitro benzene ring substituents is 1. The van der Waals surface area contributed by atoms with Gasteiger partial charge >= 0.3 is 0 Å². The van der Waals surface area contributed by atoms with Crippen LogP contribution in [-0.4, -0.2) is 10.1 Å². The molecule has 0 bridgehead atoms. The summed E-state index contributed by atoms with van der Waals surface area (Å²) >= 11 is 0. The zero-order valence-electron chi connectivity index (χ0n) is 5.85. The lowest BCUT2D eigenvalue weighted by Crippen LogP contribution is -1.85. The second-order valence-electron chi connectivity index (χ2n) is 2.23. The molecule has 1 aromatic carbocycles. The summed E-state index contributed by atoms with van der Waals surface area (Å²) < 4.78 is 4.72. The van der Waals surface area contributed by atoms with Gasteiger partial charge in [0, 0.05) is 12.1 Å². The van der Waals surface area contributed by atoms with Gasteiger partial charge in [-0.2, -0.15) is 0 Å². The zero-order valence-corrected chi connectivity index (χ0v) is 5.85. The standard InChI is InChI=1S/C7H3N2O3/c10-9(11)6-1-2-7-5(3-6)4-8-12-7/h1-3H. The third-order valence-corrected chi connectivity index (χ3v) is 1.48. The average Bonchev–Trinajstić information content (AvgIpc) is 2.49. The van der Waals surface area contributed by atoms with E-state index in [2.05, 4.69) is 11.4 Å². The highest BCUT2D eigenvalue weighted by Gasteiger charge is 2.07. The Balaban J connectivity index is 2.68. The fourth-order valence-electron chi connectivity index (χ4n) is 0.920. The predicted octanol–water partition coefficient (Wildman–Crippen LogP) is 1.54. The molecule has 0 aliphatic carbocycles. The van der Waals surface area contributed by atoms with Gasteiger partial charge in [0.25, 0.3) is 5.69 Å². The maximum atomic E-state index is 10.3. The van der Waals surface area contributed by atoms with Crippen LogP contribution >= 0.6 is 0 Å². The Morgan fingerprint density at radius 2 is 2.42 bits per heavy atom. The number of benzene rings is 1. The van der Waals surface area contributed by atoms with E-state index in [0.717, 1.165) is 0 Å². The van der Waals surface area contributed by atoms with Crippen LogP contribution in [0.25, 0.3) is 11.0 Å². The van der Waals surface area contributed by atoms with Gasteiger partial charge in [0.15, 0.2) is 5.58 Å². The van der Waals surface area contributed by atoms with Crippen molar-refractivity contribution >= 4 is 16.7 Å². The first kappa shape index (κ1) is 6.78. The molecule has 0 fully saturated rings. The molecule has 5 nitrogen and oxygen atoms in total. The number of hydrogen-bond acceptors (Lipinski definition) is 4. The third-order valence-electron chi connectivity index (χ3n) is 1.48. The van der Waals surface area contributed by atoms with Crippen LogP contribution in [0, 0.1) is 16.3 Å². The fraction of sp³-hybridized carbons (Fsp3) is 0. The molecule has 0 N–H and O–H groups in total. The summed E-state index contributed by atoms with van der Waals surface area (Å²) in [5, 5.41) is 14.2. The second kappa shape index (κ2) is 2.30. The highest BCUT2D eigenvalue weighted by atomic mass is 16.6. The first-order valence-corrected chi connectivity index (χ1v) is 3.19. The smallest absolute Gasteiger partial charge is 0.270 e. The van der Waals surface area contributed by atoms with E-state index in [0.29, 0.717) is 11.0 Å². The Hall–Kier alpha value is -1.91. The molecular formula is C7H3N2O3. The Kier molecular flexibility index (Phi) is 1.30. The third kappa shape index (κ3) is 0.914. The summed E-state index contributed by atoms with van der Waals surface area (Å²) in [5.74, 6) is 0. The van der Waals surface area contributed by atoms with Crippen LogP contribution in [0.4, 0.5) is 5.69 Å². The molecule has 0 saturated carbocycles. The summed E-state index contributed by atoms with van der Waals surface area (Å²) in [6.45, 7) is 0. The number of nitrogens with zero attached hydrogens (tertiary/aromatic N) is 2. The number of nitro groups is 1. The van der Waals surface area contributed by atoms with Crippen LogP contribution in [0.3, 0.4) is 0 Å². The Bertz CT molecular complexity index is 435. The molecular weight excluding hydrogens is 160 g/mol. The molecule has 1 heterocycles. The van der Waals surface area contributed by atoms with E-state index < -0.39 is 4.92 Å². The van der Waals surface area contributed by atoms with Crippen LogP contribution < -0.4 is 0 Å². The second-order valence-corrected chi connectivity index (χ2v) is 2.23. The van der Waals surface area contributed by atoms with Crippen LogP contribution in [0.2, 0.25) is 0 Å². The van der Waals surface area contributed by atoms with Gasteiger partial charge in [-0.3, -0.25) is 10.1 Å². The van der Waals surface area contributed by atoms with Crippen molar-refractivity contribution in [2.24, 2.45) is 0 Å². The number of hydrogen-bond donors (Lipinski definition) is 0. The quantitative estimate of drug-likeness (QED) is 0.472. The monoisotopic (exact) mass is 163 g/mol. The van der Waals surface area contributed by atoms with Gasteiger partial charge in [-0.15, -0.1) is 0 Å². The topological polar surface area (TPSA) is 69.2 Å². The molecule has 0 atom stereocenters. The molecule has 5 heteroatoms. The van der Waals surface area contributed by atoms with Crippen molar-refractivity contribution in [2.75, 3.05) is 0 Å². The van der Waals surface area contributed by atoms with Crippen LogP contribution in [-0.2, 0) is 0 Å². The summed E-state index contributed by atoms with van der Waals surface area (Å²) in [6.07, 6.45) is 2.49. The average molecular weight is 163 g/mol. The van der Waals surface area contributed by atoms with E-state index in [4.69, 9.17) is 4.52 Å². The molecule has 0 unspecified atom stereocenters. The van der Waals surface area contributed by atoms with Crippen molar-refractivity contribution in [3.05, 3.63) is 34.5 Å². The highest BCUT2D eigenvalue weighted by molar-refractivity contribution is 5.77. The van der Waals surface area contributed by atoms with Gasteiger partial charge < -0.3 is 4.52 Å². The van der Waals surface area contributed by atoms with Crippen molar-refractivity contribution in [2.45, 2.75) is 0 Å². The summed E-state index contributed by atoms with van der Waals surface area (Å²) in [7, 11) is 0. The Morgan fingerprint density at radius 1 is 1.58 bits per heavy atom. The normalized spacial score (nSPS) is 10.3. The zero-order chi connectivity index (χ0) is 8.55. The van der Waals surface area contributed by atoms with E-state index in [9.17, 15) is 10.1 Å². The van der Waals surface area contributed by atoms with Gasteiger partial charge in [-0.05, 0) is 6.07 Å². The maximum absolute atomic E-state index is 10.3. The van der Waals surface area contributed by atoms with Crippen molar-refractivity contribution < 1.29 is 9.45 Å². The van der Waals surface area contributed by atoms with Gasteiger partial charge in [0.2, 0.25) is 0 Å². The Labute approximate surface area is 66.7 Å². The maximum Gasteiger partial charge on any atom is 0.270 e. The van der Waals surface area contributed by atoms with E-state index in [1.807, 2.05) is 0 Å². The van der Waals surface area contributed by atoms with Gasteiger partial charge in [0.05, 0.1) is 10.3 Å². The van der Waals surface area contributed by atoms with Crippen molar-refractivity contribution in [3.63, 3.8) is 0 Å². The molecule has 59 valence electrons. The van der Waals surface area contributed by atoms with Crippen molar-refractivity contribution in [1.29, 1.82) is 0 Å². The molecule has 2 aromatic rings. The largest absolute Gasteiger partial charge is 0.356 e. The molecule has 12 heavy (non-hydrogen) atoms. The molecule has 1 aromatic heterocycles. The van der Waals surface area contributed by atoms with Crippen molar-refractivity contribution in [1.82, 2.24) is 5.16 Å². The highest BCUT2D eigenvalue weighted by Crippen LogP contribution is 2.19. The first-order valence-electron chi connectivity index (χ1n) is 3.19. The predicted molar refractivity (Wildman–Crippen MR) is 39.5 cm³/mol. The number of rotatable bonds is 1. The van der Waals surface area contributed by atoms with Gasteiger partial charge in [0.1, 0.15) is 6.20 Å². The van der Waals surface area contributed by atoms with E-state index in [1.54, 1.807) is 0 Å². The minimum absolute atomic E-state index is 0.0157. The lowest BCUT2D eigenvalue weighted by molar-refractivity contribution is -0.384.